The Balaban J connectivity index is 1.70. The molecule has 2 N–H and O–H groups in total. The molecular weight excluding hydrogens is 264 g/mol. The van der Waals surface area contributed by atoms with Gasteiger partial charge in [-0.05, 0) is 24.3 Å². The monoisotopic (exact) mass is 280 g/mol. The van der Waals surface area contributed by atoms with Crippen molar-refractivity contribution in [3.8, 4) is 6.07 Å². The Kier molecular flexibility index (Phi) is 3.56. The molecule has 0 bridgehead atoms. The number of hydrogen-bond acceptors (Lipinski definition) is 6. The van der Waals surface area contributed by atoms with Gasteiger partial charge in [-0.15, -0.1) is 0 Å². The molecule has 3 rings (SSSR count). The minimum Gasteiger partial charge on any atom is -0.397 e. The molecule has 0 spiro atoms. The average molecular weight is 280 g/mol. The van der Waals surface area contributed by atoms with E-state index in [4.69, 9.17) is 11.0 Å². The molecule has 1 fully saturated rings. The summed E-state index contributed by atoms with van der Waals surface area (Å²) < 4.78 is 0. The summed E-state index contributed by atoms with van der Waals surface area (Å²) in [7, 11) is 0. The molecule has 0 aliphatic carbocycles. The van der Waals surface area contributed by atoms with Crippen molar-refractivity contribution in [3.05, 3.63) is 42.2 Å². The maximum Gasteiger partial charge on any atom is 0.225 e. The lowest BCUT2D eigenvalue weighted by Gasteiger charge is -2.36. The van der Waals surface area contributed by atoms with Gasteiger partial charge in [0, 0.05) is 38.6 Å². The highest BCUT2D eigenvalue weighted by Crippen LogP contribution is 2.25. The first-order chi connectivity index (χ1) is 10.3. The molecule has 6 nitrogen and oxygen atoms in total. The van der Waals surface area contributed by atoms with Crippen LogP contribution in [0.15, 0.2) is 36.7 Å². The molecule has 1 aromatic heterocycles. The summed E-state index contributed by atoms with van der Waals surface area (Å²) in [5.41, 5.74) is 8.27. The molecular formula is C15H16N6. The Morgan fingerprint density at radius 2 is 1.71 bits per heavy atom. The van der Waals surface area contributed by atoms with Gasteiger partial charge in [0.2, 0.25) is 5.95 Å². The molecule has 0 atom stereocenters. The van der Waals surface area contributed by atoms with E-state index in [2.05, 4.69) is 25.8 Å². The van der Waals surface area contributed by atoms with Gasteiger partial charge in [-0.3, -0.25) is 0 Å². The first-order valence-electron chi connectivity index (χ1n) is 6.84. The van der Waals surface area contributed by atoms with Crippen molar-refractivity contribution in [1.29, 1.82) is 5.26 Å². The van der Waals surface area contributed by atoms with E-state index in [9.17, 15) is 0 Å². The molecule has 6 heteroatoms. The zero-order valence-corrected chi connectivity index (χ0v) is 11.6. The largest absolute Gasteiger partial charge is 0.397 e. The van der Waals surface area contributed by atoms with Gasteiger partial charge in [-0.25, -0.2) is 9.97 Å². The quantitative estimate of drug-likeness (QED) is 0.834. The molecule has 1 aromatic carbocycles. The number of nitrogens with zero attached hydrogens (tertiary/aromatic N) is 5. The van der Waals surface area contributed by atoms with Gasteiger partial charge in [0.15, 0.2) is 0 Å². The van der Waals surface area contributed by atoms with Crippen LogP contribution in [-0.4, -0.2) is 36.1 Å². The highest BCUT2D eigenvalue weighted by Gasteiger charge is 2.20. The minimum atomic E-state index is 0.590. The Morgan fingerprint density at radius 1 is 1.05 bits per heavy atom. The van der Waals surface area contributed by atoms with Crippen molar-refractivity contribution in [2.75, 3.05) is 41.7 Å². The van der Waals surface area contributed by atoms with E-state index in [1.807, 2.05) is 12.1 Å². The summed E-state index contributed by atoms with van der Waals surface area (Å²) in [6.45, 7) is 3.41. The van der Waals surface area contributed by atoms with Crippen molar-refractivity contribution in [1.82, 2.24) is 9.97 Å². The molecule has 0 radical (unpaired) electrons. The van der Waals surface area contributed by atoms with Crippen LogP contribution in [0.2, 0.25) is 0 Å². The number of anilines is 3. The molecule has 1 aliphatic rings. The number of rotatable bonds is 2. The predicted molar refractivity (Wildman–Crippen MR) is 82.0 cm³/mol. The fourth-order valence-electron chi connectivity index (χ4n) is 2.51. The lowest BCUT2D eigenvalue weighted by atomic mass is 10.1. The van der Waals surface area contributed by atoms with Gasteiger partial charge in [0.1, 0.15) is 0 Å². The number of nitrogens with two attached hydrogens (primary N) is 1. The SMILES string of the molecule is N#Cc1ccc(N2CCN(c3ncccn3)CC2)c(N)c1. The van der Waals surface area contributed by atoms with Gasteiger partial charge in [-0.2, -0.15) is 5.26 Å². The maximum absolute atomic E-state index is 8.88. The topological polar surface area (TPSA) is 82.1 Å². The second-order valence-electron chi connectivity index (χ2n) is 4.91. The Labute approximate surface area is 123 Å². The van der Waals surface area contributed by atoms with Crippen LogP contribution in [0.25, 0.3) is 0 Å². The number of nitrogen functional groups attached to an aromatic ring is 1. The van der Waals surface area contributed by atoms with Gasteiger partial charge < -0.3 is 15.5 Å². The molecule has 2 heterocycles. The first-order valence-corrected chi connectivity index (χ1v) is 6.84. The number of piperazine rings is 1. The summed E-state index contributed by atoms with van der Waals surface area (Å²) in [6.07, 6.45) is 3.51. The molecule has 0 amide bonds. The van der Waals surface area contributed by atoms with Gasteiger partial charge in [-0.1, -0.05) is 0 Å². The number of nitriles is 1. The predicted octanol–water partition coefficient (Wildman–Crippen LogP) is 1.26. The zero-order valence-electron chi connectivity index (χ0n) is 11.6. The average Bonchev–Trinajstić information content (AvgIpc) is 2.56. The summed E-state index contributed by atoms with van der Waals surface area (Å²) >= 11 is 0. The lowest BCUT2D eigenvalue weighted by Crippen LogP contribution is -2.47. The molecule has 106 valence electrons. The fourth-order valence-corrected chi connectivity index (χ4v) is 2.51. The van der Waals surface area contributed by atoms with E-state index in [0.29, 0.717) is 11.3 Å². The number of benzene rings is 1. The van der Waals surface area contributed by atoms with E-state index in [1.165, 1.54) is 0 Å². The van der Waals surface area contributed by atoms with Crippen molar-refractivity contribution < 1.29 is 0 Å². The zero-order chi connectivity index (χ0) is 14.7. The Bertz CT molecular complexity index is 656. The van der Waals surface area contributed by atoms with E-state index < -0.39 is 0 Å². The molecule has 1 saturated heterocycles. The lowest BCUT2D eigenvalue weighted by molar-refractivity contribution is 0.640. The third-order valence-electron chi connectivity index (χ3n) is 3.61. The molecule has 2 aromatic rings. The summed E-state index contributed by atoms with van der Waals surface area (Å²) in [5.74, 6) is 0.768. The van der Waals surface area contributed by atoms with E-state index in [-0.39, 0.29) is 0 Å². The van der Waals surface area contributed by atoms with Gasteiger partial charge >= 0.3 is 0 Å². The highest BCUT2D eigenvalue weighted by molar-refractivity contribution is 5.70. The third-order valence-corrected chi connectivity index (χ3v) is 3.61. The van der Waals surface area contributed by atoms with Crippen LogP contribution in [0.3, 0.4) is 0 Å². The molecule has 21 heavy (non-hydrogen) atoms. The molecule has 0 saturated carbocycles. The Morgan fingerprint density at radius 3 is 2.33 bits per heavy atom. The van der Waals surface area contributed by atoms with Crippen molar-refractivity contribution >= 4 is 17.3 Å². The maximum atomic E-state index is 8.88. The van der Waals surface area contributed by atoms with Crippen LogP contribution in [0.1, 0.15) is 5.56 Å². The second-order valence-corrected chi connectivity index (χ2v) is 4.91. The smallest absolute Gasteiger partial charge is 0.225 e. The number of aromatic nitrogens is 2. The summed E-state index contributed by atoms with van der Waals surface area (Å²) in [4.78, 5) is 12.9. The third kappa shape index (κ3) is 2.72. The highest BCUT2D eigenvalue weighted by atomic mass is 15.3. The summed E-state index contributed by atoms with van der Waals surface area (Å²) in [6, 6.07) is 9.37. The van der Waals surface area contributed by atoms with Crippen LogP contribution >= 0.6 is 0 Å². The second kappa shape index (κ2) is 5.67. The van der Waals surface area contributed by atoms with E-state index in [0.717, 1.165) is 37.8 Å². The van der Waals surface area contributed by atoms with Crippen LogP contribution in [0.5, 0.6) is 0 Å². The summed E-state index contributed by atoms with van der Waals surface area (Å²) in [5, 5.41) is 8.88. The molecule has 0 unspecified atom stereocenters. The standard InChI is InChI=1S/C15H16N6/c16-11-12-2-3-14(13(17)10-12)20-6-8-21(9-7-20)15-18-4-1-5-19-15/h1-5,10H,6-9,17H2. The Hall–Kier alpha value is -2.81. The van der Waals surface area contributed by atoms with Crippen molar-refractivity contribution in [3.63, 3.8) is 0 Å². The van der Waals surface area contributed by atoms with Crippen LogP contribution in [0, 0.1) is 11.3 Å². The van der Waals surface area contributed by atoms with Crippen LogP contribution < -0.4 is 15.5 Å². The van der Waals surface area contributed by atoms with E-state index in [1.54, 1.807) is 24.5 Å². The number of hydrogen-bond donors (Lipinski definition) is 1. The molecule has 1 aliphatic heterocycles. The van der Waals surface area contributed by atoms with E-state index >= 15 is 0 Å². The van der Waals surface area contributed by atoms with Crippen molar-refractivity contribution in [2.45, 2.75) is 0 Å². The normalized spacial score (nSPS) is 14.8. The van der Waals surface area contributed by atoms with Gasteiger partial charge in [0.05, 0.1) is 23.0 Å². The van der Waals surface area contributed by atoms with Crippen LogP contribution in [-0.2, 0) is 0 Å². The van der Waals surface area contributed by atoms with Gasteiger partial charge in [0.25, 0.3) is 0 Å². The van der Waals surface area contributed by atoms with Crippen molar-refractivity contribution in [2.24, 2.45) is 0 Å². The first kappa shape index (κ1) is 13.2. The minimum absolute atomic E-state index is 0.590. The van der Waals surface area contributed by atoms with Crippen LogP contribution in [0.4, 0.5) is 17.3 Å². The fraction of sp³-hybridized carbons (Fsp3) is 0.267.